The highest BCUT2D eigenvalue weighted by Gasteiger charge is 2.72. The maximum absolute atomic E-state index is 9.31. The Morgan fingerprint density at radius 2 is 0.306 bits per heavy atom. The molecule has 0 atom stereocenters. The minimum atomic E-state index is -5.68. The molecule has 18 N–H and O–H groups in total. The molecule has 0 unspecified atom stereocenters. The lowest BCUT2D eigenvalue weighted by molar-refractivity contribution is -0.211. The van der Waals surface area contributed by atoms with E-state index >= 15 is 0 Å². The third-order valence-corrected chi connectivity index (χ3v) is 6.68. The highest BCUT2D eigenvalue weighted by Crippen LogP contribution is 2.63. The molecule has 0 saturated heterocycles. The monoisotopic (exact) mass is 666 g/mol. The second-order valence-electron chi connectivity index (χ2n) is 6.50. The maximum atomic E-state index is 9.31. The van der Waals surface area contributed by atoms with Gasteiger partial charge in [0.1, 0.15) is 0 Å². The topological polar surface area (TPSA) is 420 Å². The molecule has 1 aliphatic rings. The van der Waals surface area contributed by atoms with E-state index in [-0.39, 0.29) is 0 Å². The van der Waals surface area contributed by atoms with Gasteiger partial charge in [-0.3, -0.25) is 0 Å². The fraction of sp³-hybridized carbons (Fsp3) is 1.00. The smallest absolute Gasteiger partial charge is 0.168 e. The second-order valence-corrected chi connectivity index (χ2v) is 13.9. The Kier molecular flexibility index (Phi) is 12.1. The standard InChI is InChI=1S/C6H24O24P6/c7-31(8,9)25-1-2(26-32(10,11)12)4(28-34(16,17)18)6(30-36(22,23)24)5(29-35(19,20)21)3(1)27-33(13,14)15/h1-24H/q+6. The summed E-state index contributed by atoms with van der Waals surface area (Å²) in [5.74, 6) is 0. The minimum Gasteiger partial charge on any atom is -0.168 e. The lowest BCUT2D eigenvalue weighted by atomic mass is 9.85. The van der Waals surface area contributed by atoms with Crippen LogP contribution in [0.25, 0.3) is 0 Å². The highest BCUT2D eigenvalue weighted by atomic mass is 31.2. The van der Waals surface area contributed by atoms with Crippen molar-refractivity contribution in [2.45, 2.75) is 36.6 Å². The second kappa shape index (κ2) is 12.2. The van der Waals surface area contributed by atoms with Crippen molar-refractivity contribution < 1.29 is 115 Å². The molecule has 0 radical (unpaired) electrons. The molecule has 0 bridgehead atoms. The molecule has 36 heavy (non-hydrogen) atoms. The molecule has 0 heterocycles. The van der Waals surface area contributed by atoms with E-state index in [2.05, 4.69) is 27.1 Å². The van der Waals surface area contributed by atoms with Crippen molar-refractivity contribution in [3.05, 3.63) is 0 Å². The van der Waals surface area contributed by atoms with E-state index < -0.39 is 85.6 Å². The van der Waals surface area contributed by atoms with E-state index in [1.807, 2.05) is 0 Å². The van der Waals surface area contributed by atoms with Crippen LogP contribution in [-0.4, -0.2) is 125 Å². The summed E-state index contributed by atoms with van der Waals surface area (Å²) in [6.45, 7) is 0. The average molecular weight is 666 g/mol. The summed E-state index contributed by atoms with van der Waals surface area (Å²) in [5.41, 5.74) is 0. The van der Waals surface area contributed by atoms with E-state index in [0.717, 1.165) is 0 Å². The van der Waals surface area contributed by atoms with Gasteiger partial charge in [0.15, 0.2) is 36.6 Å². The van der Waals surface area contributed by atoms with Crippen molar-refractivity contribution >= 4 is 49.0 Å². The molecular weight excluding hydrogens is 642 g/mol. The summed E-state index contributed by atoms with van der Waals surface area (Å²) < 4.78 is 25.8. The van der Waals surface area contributed by atoms with E-state index in [4.69, 9.17) is 0 Å². The summed E-state index contributed by atoms with van der Waals surface area (Å²) >= 11 is 0. The first kappa shape index (κ1) is 35.6. The fourth-order valence-electron chi connectivity index (χ4n) is 2.82. The molecular formula is C6H24O24P6+6. The van der Waals surface area contributed by atoms with Crippen LogP contribution in [0, 0.1) is 0 Å². The van der Waals surface area contributed by atoms with Crippen LogP contribution >= 0.6 is 49.0 Å². The van der Waals surface area contributed by atoms with Crippen molar-refractivity contribution in [3.8, 4) is 0 Å². The zero-order valence-corrected chi connectivity index (χ0v) is 22.0. The van der Waals surface area contributed by atoms with E-state index in [0.29, 0.717) is 0 Å². The van der Waals surface area contributed by atoms with Gasteiger partial charge in [0.05, 0.1) is 0 Å². The van der Waals surface area contributed by atoms with Gasteiger partial charge < -0.3 is 0 Å². The molecule has 1 fully saturated rings. The van der Waals surface area contributed by atoms with Crippen LogP contribution in [0.4, 0.5) is 0 Å². The molecule has 0 aromatic rings. The van der Waals surface area contributed by atoms with Crippen molar-refractivity contribution in [2.75, 3.05) is 0 Å². The Morgan fingerprint density at radius 1 is 0.222 bits per heavy atom. The Morgan fingerprint density at radius 3 is 0.361 bits per heavy atom. The first-order valence-corrected chi connectivity index (χ1v) is 17.5. The van der Waals surface area contributed by atoms with Crippen molar-refractivity contribution in [3.63, 3.8) is 0 Å². The quantitative estimate of drug-likeness (QED) is 0.0862. The van der Waals surface area contributed by atoms with Gasteiger partial charge in [0.2, 0.25) is 0 Å². The van der Waals surface area contributed by atoms with Gasteiger partial charge in [0, 0.05) is 0 Å². The first-order chi connectivity index (χ1) is 15.6. The normalized spacial score (nSPS) is 29.5. The number of hydrogen-bond donors (Lipinski definition) is 18. The fourth-order valence-corrected chi connectivity index (χ4v) is 6.22. The molecule has 24 nitrogen and oxygen atoms in total. The number of hydrogen-bond acceptors (Lipinski definition) is 24. The number of rotatable bonds is 12. The lowest BCUT2D eigenvalue weighted by Gasteiger charge is -2.42. The maximum Gasteiger partial charge on any atom is 0.567 e. The Bertz CT molecular complexity index is 530. The van der Waals surface area contributed by atoms with Crippen LogP contribution in [0.15, 0.2) is 0 Å². The first-order valence-electron chi connectivity index (χ1n) is 8.11. The largest absolute Gasteiger partial charge is 0.567 e. The predicted molar refractivity (Wildman–Crippen MR) is 111 cm³/mol. The molecule has 1 saturated carbocycles. The van der Waals surface area contributed by atoms with Crippen molar-refractivity contribution in [2.24, 2.45) is 0 Å². The van der Waals surface area contributed by atoms with Gasteiger partial charge in [-0.1, -0.05) is 0 Å². The lowest BCUT2D eigenvalue weighted by Crippen LogP contribution is -2.67. The van der Waals surface area contributed by atoms with Crippen molar-refractivity contribution in [1.82, 2.24) is 0 Å². The zero-order valence-electron chi connectivity index (χ0n) is 16.6. The summed E-state index contributed by atoms with van der Waals surface area (Å²) in [6.07, 6.45) is -17.5. The van der Waals surface area contributed by atoms with Gasteiger partial charge in [-0.25, -0.2) is 0 Å². The van der Waals surface area contributed by atoms with E-state index in [1.165, 1.54) is 0 Å². The highest BCUT2D eigenvalue weighted by molar-refractivity contribution is 7.54. The molecule has 216 valence electrons. The molecule has 0 aromatic carbocycles. The molecule has 0 amide bonds. The third kappa shape index (κ3) is 13.8. The summed E-state index contributed by atoms with van der Waals surface area (Å²) in [6, 6.07) is 0. The third-order valence-electron chi connectivity index (χ3n) is 3.52. The Labute approximate surface area is 201 Å². The zero-order chi connectivity index (χ0) is 28.7. The summed E-state index contributed by atoms with van der Waals surface area (Å²) in [5, 5.41) is 0. The Hall–Kier alpha value is 1.62. The predicted octanol–water partition coefficient (Wildman–Crippen LogP) is -5.76. The van der Waals surface area contributed by atoms with Crippen LogP contribution in [0.5, 0.6) is 0 Å². The summed E-state index contributed by atoms with van der Waals surface area (Å²) in [4.78, 5) is 168. The van der Waals surface area contributed by atoms with Crippen LogP contribution in [-0.2, 0) is 27.1 Å². The van der Waals surface area contributed by atoms with Gasteiger partial charge in [-0.15, -0.1) is 27.1 Å². The molecule has 0 aliphatic heterocycles. The molecule has 1 rings (SSSR count). The summed E-state index contributed by atoms with van der Waals surface area (Å²) in [7, 11) is -34.1. The SMILES string of the molecule is O[P+](O)(O)OC1C(O[P+](O)(O)O)C(O[P+](O)(O)O)C(O[P+](O)(O)O)C(O[P+](O)(O)O)C1O[P+](O)(O)O. The van der Waals surface area contributed by atoms with Crippen LogP contribution in [0.3, 0.4) is 0 Å². The molecule has 0 aromatic heterocycles. The van der Waals surface area contributed by atoms with Crippen LogP contribution in [0.2, 0.25) is 0 Å². The van der Waals surface area contributed by atoms with Gasteiger partial charge >= 0.3 is 49.0 Å². The molecule has 30 heteroatoms. The Balaban J connectivity index is 3.94. The van der Waals surface area contributed by atoms with E-state index in [9.17, 15) is 88.1 Å². The van der Waals surface area contributed by atoms with Crippen LogP contribution < -0.4 is 0 Å². The average Bonchev–Trinajstić information content (AvgIpc) is 2.51. The minimum absolute atomic E-state index is 2.92. The van der Waals surface area contributed by atoms with Gasteiger partial charge in [0.25, 0.3) is 0 Å². The van der Waals surface area contributed by atoms with Crippen molar-refractivity contribution in [1.29, 1.82) is 0 Å². The van der Waals surface area contributed by atoms with Crippen LogP contribution in [0.1, 0.15) is 0 Å². The van der Waals surface area contributed by atoms with Gasteiger partial charge in [-0.2, -0.15) is 88.1 Å². The molecule has 0 spiro atoms. The van der Waals surface area contributed by atoms with Gasteiger partial charge in [-0.05, 0) is 0 Å². The van der Waals surface area contributed by atoms with E-state index in [1.54, 1.807) is 0 Å². The molecule has 1 aliphatic carbocycles.